The average molecular weight is 369 g/mol. The van der Waals surface area contributed by atoms with Crippen molar-refractivity contribution in [3.05, 3.63) is 76.4 Å². The largest absolute Gasteiger partial charge is 0.299 e. The van der Waals surface area contributed by atoms with Crippen molar-refractivity contribution in [3.8, 4) is 0 Å². The van der Waals surface area contributed by atoms with Gasteiger partial charge >= 0.3 is 0 Å². The van der Waals surface area contributed by atoms with Crippen molar-refractivity contribution in [2.45, 2.75) is 39.5 Å². The molecule has 3 aliphatic rings. The van der Waals surface area contributed by atoms with E-state index in [4.69, 9.17) is 4.99 Å². The molecule has 3 nitrogen and oxygen atoms in total. The van der Waals surface area contributed by atoms with Crippen LogP contribution in [0.1, 0.15) is 59.7 Å². The van der Waals surface area contributed by atoms with Gasteiger partial charge in [-0.1, -0.05) is 67.9 Å². The lowest BCUT2D eigenvalue weighted by atomic mass is 9.63. The number of aliphatic imine (C=N–C) groups is 1. The van der Waals surface area contributed by atoms with Crippen molar-refractivity contribution in [1.29, 1.82) is 0 Å². The molecule has 140 valence electrons. The van der Waals surface area contributed by atoms with Crippen LogP contribution in [0.5, 0.6) is 0 Å². The summed E-state index contributed by atoms with van der Waals surface area (Å²) < 4.78 is 0. The molecule has 0 spiro atoms. The van der Waals surface area contributed by atoms with Crippen molar-refractivity contribution in [3.63, 3.8) is 0 Å². The molecule has 1 heterocycles. The molecule has 1 unspecified atom stereocenters. The number of nitrogens with zero attached hydrogens (tertiary/aromatic N) is 1. The second-order valence-corrected chi connectivity index (χ2v) is 9.09. The molecule has 0 amide bonds. The van der Waals surface area contributed by atoms with Gasteiger partial charge in [0.05, 0.1) is 11.6 Å². The molecule has 1 aliphatic heterocycles. The Morgan fingerprint density at radius 1 is 0.929 bits per heavy atom. The predicted octanol–water partition coefficient (Wildman–Crippen LogP) is 5.15. The van der Waals surface area contributed by atoms with Gasteiger partial charge in [-0.25, -0.2) is 0 Å². The minimum absolute atomic E-state index is 0.0255. The highest BCUT2D eigenvalue weighted by molar-refractivity contribution is 6.25. The first-order valence-corrected chi connectivity index (χ1v) is 9.91. The van der Waals surface area contributed by atoms with Crippen LogP contribution in [-0.2, 0) is 4.79 Å². The van der Waals surface area contributed by atoms with E-state index in [1.807, 2.05) is 43.3 Å². The van der Waals surface area contributed by atoms with Crippen molar-refractivity contribution in [1.82, 2.24) is 0 Å². The normalized spacial score (nSPS) is 25.2. The van der Waals surface area contributed by atoms with E-state index in [1.165, 1.54) is 0 Å². The van der Waals surface area contributed by atoms with Gasteiger partial charge in [0.25, 0.3) is 0 Å². The first-order valence-electron chi connectivity index (χ1n) is 9.91. The van der Waals surface area contributed by atoms with Gasteiger partial charge in [0.2, 0.25) is 0 Å². The minimum atomic E-state index is -0.327. The molecule has 0 aromatic heterocycles. The number of Topliss-reactive ketones (excluding diaryl/α,β-unsaturated/α-hetero) is 2. The highest BCUT2D eigenvalue weighted by Crippen LogP contribution is 2.51. The van der Waals surface area contributed by atoms with E-state index in [0.29, 0.717) is 17.6 Å². The standard InChI is InChI=1S/C25H23NO2/c1-14-7-6-8-15(11-14)20-21-18(12-25(2,3)13-19(21)27)26-23-16-9-4-5-10-17(16)24(28)22(20)23/h4-11,20-21H,12-13H2,1-3H3/t20-,21?/m1/s1. The summed E-state index contributed by atoms with van der Waals surface area (Å²) in [6, 6.07) is 15.9. The van der Waals surface area contributed by atoms with Gasteiger partial charge in [-0.05, 0) is 24.3 Å². The van der Waals surface area contributed by atoms with Crippen LogP contribution in [0.4, 0.5) is 0 Å². The van der Waals surface area contributed by atoms with Gasteiger partial charge in [0.15, 0.2) is 5.78 Å². The Labute approximate surface area is 165 Å². The van der Waals surface area contributed by atoms with E-state index < -0.39 is 0 Å². The van der Waals surface area contributed by atoms with Gasteiger partial charge < -0.3 is 0 Å². The molecule has 0 N–H and O–H groups in total. The van der Waals surface area contributed by atoms with Crippen molar-refractivity contribution in [2.24, 2.45) is 16.3 Å². The average Bonchev–Trinajstić information content (AvgIpc) is 2.92. The van der Waals surface area contributed by atoms with E-state index in [1.54, 1.807) is 0 Å². The first-order chi connectivity index (χ1) is 13.4. The van der Waals surface area contributed by atoms with Crippen LogP contribution in [0, 0.1) is 18.3 Å². The summed E-state index contributed by atoms with van der Waals surface area (Å²) >= 11 is 0. The molecular weight excluding hydrogens is 346 g/mol. The molecule has 2 aliphatic carbocycles. The van der Waals surface area contributed by atoms with E-state index in [2.05, 4.69) is 26.0 Å². The van der Waals surface area contributed by atoms with Crippen LogP contribution in [0.2, 0.25) is 0 Å². The summed E-state index contributed by atoms with van der Waals surface area (Å²) in [4.78, 5) is 31.6. The summed E-state index contributed by atoms with van der Waals surface area (Å²) in [5.41, 5.74) is 6.12. The fourth-order valence-corrected chi connectivity index (χ4v) is 5.14. The molecule has 5 rings (SSSR count). The van der Waals surface area contributed by atoms with Gasteiger partial charge in [-0.15, -0.1) is 0 Å². The predicted molar refractivity (Wildman–Crippen MR) is 111 cm³/mol. The number of hydrogen-bond donors (Lipinski definition) is 0. The maximum atomic E-state index is 13.4. The van der Waals surface area contributed by atoms with Crippen molar-refractivity contribution < 1.29 is 9.59 Å². The monoisotopic (exact) mass is 369 g/mol. The third kappa shape index (κ3) is 2.46. The summed E-state index contributed by atoms with van der Waals surface area (Å²) in [7, 11) is 0. The zero-order valence-electron chi connectivity index (χ0n) is 16.5. The maximum Gasteiger partial charge on any atom is 0.192 e. The molecule has 0 bridgehead atoms. The smallest absolute Gasteiger partial charge is 0.192 e. The highest BCUT2D eigenvalue weighted by Gasteiger charge is 2.49. The van der Waals surface area contributed by atoms with E-state index >= 15 is 0 Å². The molecule has 1 saturated carbocycles. The molecule has 2 aromatic carbocycles. The molecular formula is C25H23NO2. The fraction of sp³-hybridized carbons (Fsp3) is 0.320. The third-order valence-electron chi connectivity index (χ3n) is 6.25. The van der Waals surface area contributed by atoms with Crippen LogP contribution in [-0.4, -0.2) is 17.3 Å². The number of aryl methyl sites for hydroxylation is 1. The first kappa shape index (κ1) is 17.3. The maximum absolute atomic E-state index is 13.4. The topological polar surface area (TPSA) is 46.5 Å². The van der Waals surface area contributed by atoms with Gasteiger partial charge in [0.1, 0.15) is 5.78 Å². The van der Waals surface area contributed by atoms with E-state index in [9.17, 15) is 9.59 Å². The fourth-order valence-electron chi connectivity index (χ4n) is 5.14. The molecule has 0 saturated heterocycles. The number of ketones is 2. The second-order valence-electron chi connectivity index (χ2n) is 9.09. The molecule has 0 radical (unpaired) electrons. The van der Waals surface area contributed by atoms with Crippen LogP contribution >= 0.6 is 0 Å². The number of rotatable bonds is 1. The number of fused-ring (bicyclic) bond motifs is 3. The zero-order valence-corrected chi connectivity index (χ0v) is 16.5. The SMILES string of the molecule is Cc1cccc([C@H]2C3=C(N=C4CC(C)(C)CC(=O)C42)c2ccccc2C3=O)c1. The lowest BCUT2D eigenvalue weighted by Crippen LogP contribution is -2.43. The molecule has 28 heavy (non-hydrogen) atoms. The molecule has 3 heteroatoms. The summed E-state index contributed by atoms with van der Waals surface area (Å²) in [5.74, 6) is -0.341. The Hall–Kier alpha value is -2.81. The lowest BCUT2D eigenvalue weighted by Gasteiger charge is -2.40. The number of carbonyl (C=O) groups excluding carboxylic acids is 2. The van der Waals surface area contributed by atoms with Crippen molar-refractivity contribution >= 4 is 23.0 Å². The number of benzene rings is 2. The third-order valence-corrected chi connectivity index (χ3v) is 6.25. The summed E-state index contributed by atoms with van der Waals surface area (Å²) in [6.45, 7) is 6.31. The Bertz CT molecular complexity index is 1100. The van der Waals surface area contributed by atoms with Crippen LogP contribution in [0.25, 0.3) is 5.70 Å². The Morgan fingerprint density at radius 2 is 1.68 bits per heavy atom. The van der Waals surface area contributed by atoms with Crippen LogP contribution in [0.15, 0.2) is 59.1 Å². The van der Waals surface area contributed by atoms with Crippen molar-refractivity contribution in [2.75, 3.05) is 0 Å². The summed E-state index contributed by atoms with van der Waals surface area (Å²) in [5, 5.41) is 0. The second kappa shape index (κ2) is 5.84. The zero-order chi connectivity index (χ0) is 19.6. The minimum Gasteiger partial charge on any atom is -0.299 e. The van der Waals surface area contributed by atoms with E-state index in [0.717, 1.165) is 34.5 Å². The lowest BCUT2D eigenvalue weighted by molar-refractivity contribution is -0.124. The summed E-state index contributed by atoms with van der Waals surface area (Å²) in [6.07, 6.45) is 1.32. The van der Waals surface area contributed by atoms with Crippen LogP contribution in [0.3, 0.4) is 0 Å². The van der Waals surface area contributed by atoms with E-state index in [-0.39, 0.29) is 28.8 Å². The van der Waals surface area contributed by atoms with Gasteiger partial charge in [-0.3, -0.25) is 14.6 Å². The van der Waals surface area contributed by atoms with Gasteiger partial charge in [-0.2, -0.15) is 0 Å². The molecule has 2 atom stereocenters. The van der Waals surface area contributed by atoms with Crippen LogP contribution < -0.4 is 0 Å². The Kier molecular flexibility index (Phi) is 3.61. The molecule has 1 fully saturated rings. The quantitative estimate of drug-likeness (QED) is 0.698. The number of carbonyl (C=O) groups is 2. The van der Waals surface area contributed by atoms with Gasteiger partial charge in [0, 0.05) is 34.8 Å². The number of allylic oxidation sites excluding steroid dienone is 1. The molecule has 2 aromatic rings. The Balaban J connectivity index is 1.77. The Morgan fingerprint density at radius 3 is 2.43 bits per heavy atom. The number of hydrogen-bond acceptors (Lipinski definition) is 3. The highest BCUT2D eigenvalue weighted by atomic mass is 16.1.